The summed E-state index contributed by atoms with van der Waals surface area (Å²) in [6.45, 7) is 0.748. The number of amides is 1. The highest BCUT2D eigenvalue weighted by atomic mass is 19.1. The van der Waals surface area contributed by atoms with Gasteiger partial charge in [-0.15, -0.1) is 0 Å². The number of carbonyl (C=O) groups is 2. The normalized spacial score (nSPS) is 23.6. The van der Waals surface area contributed by atoms with Gasteiger partial charge in [-0.2, -0.15) is 0 Å². The zero-order chi connectivity index (χ0) is 14.3. The van der Waals surface area contributed by atoms with Crippen molar-refractivity contribution >= 4 is 11.9 Å². The lowest BCUT2D eigenvalue weighted by Gasteiger charge is -2.23. The molecule has 1 N–H and O–H groups in total. The summed E-state index contributed by atoms with van der Waals surface area (Å²) in [6, 6.07) is 6.16. The van der Waals surface area contributed by atoms with Gasteiger partial charge in [0.1, 0.15) is 5.82 Å². The van der Waals surface area contributed by atoms with Crippen LogP contribution in [-0.4, -0.2) is 35.0 Å². The van der Waals surface area contributed by atoms with Gasteiger partial charge in [-0.3, -0.25) is 9.59 Å². The molecule has 2 aliphatic rings. The highest BCUT2D eigenvalue weighted by Crippen LogP contribution is 2.50. The number of halogens is 1. The van der Waals surface area contributed by atoms with Crippen LogP contribution in [0.3, 0.4) is 0 Å². The van der Waals surface area contributed by atoms with Crippen LogP contribution < -0.4 is 0 Å². The Balaban J connectivity index is 1.79. The van der Waals surface area contributed by atoms with Crippen molar-refractivity contribution in [2.24, 2.45) is 5.92 Å². The summed E-state index contributed by atoms with van der Waals surface area (Å²) in [7, 11) is 0. The molecule has 1 saturated heterocycles. The van der Waals surface area contributed by atoms with E-state index in [-0.39, 0.29) is 18.3 Å². The van der Waals surface area contributed by atoms with Crippen LogP contribution in [0.25, 0.3) is 0 Å². The summed E-state index contributed by atoms with van der Waals surface area (Å²) in [5, 5.41) is 9.00. The van der Waals surface area contributed by atoms with Gasteiger partial charge in [0.05, 0.1) is 11.3 Å². The molecule has 20 heavy (non-hydrogen) atoms. The van der Waals surface area contributed by atoms with Crippen molar-refractivity contribution < 1.29 is 19.1 Å². The Kier molecular flexibility index (Phi) is 3.00. The summed E-state index contributed by atoms with van der Waals surface area (Å²) >= 11 is 0. The molecule has 0 radical (unpaired) electrons. The summed E-state index contributed by atoms with van der Waals surface area (Å²) in [4.78, 5) is 25.2. The Morgan fingerprint density at radius 1 is 1.35 bits per heavy atom. The van der Waals surface area contributed by atoms with Crippen LogP contribution in [-0.2, 0) is 15.0 Å². The van der Waals surface area contributed by atoms with Crippen LogP contribution in [0.1, 0.15) is 24.8 Å². The van der Waals surface area contributed by atoms with Crippen molar-refractivity contribution in [1.29, 1.82) is 0 Å². The van der Waals surface area contributed by atoms with Crippen molar-refractivity contribution in [3.8, 4) is 0 Å². The van der Waals surface area contributed by atoms with Crippen LogP contribution >= 0.6 is 0 Å². The number of nitrogens with zero attached hydrogens (tertiary/aromatic N) is 1. The molecule has 0 spiro atoms. The SMILES string of the molecule is O=C(O)[C@@H]1CCN(C(=O)C2(c3cccc(F)c3)CC2)C1. The van der Waals surface area contributed by atoms with Crippen molar-refractivity contribution in [3.05, 3.63) is 35.6 Å². The minimum Gasteiger partial charge on any atom is -0.481 e. The number of carboxylic acids is 1. The van der Waals surface area contributed by atoms with Gasteiger partial charge in [0.15, 0.2) is 0 Å². The second kappa shape index (κ2) is 4.58. The monoisotopic (exact) mass is 277 g/mol. The predicted octanol–water partition coefficient (Wildman–Crippen LogP) is 1.79. The van der Waals surface area contributed by atoms with Crippen molar-refractivity contribution in [3.63, 3.8) is 0 Å². The number of rotatable bonds is 3. The topological polar surface area (TPSA) is 57.6 Å². The molecule has 1 atom stereocenters. The number of hydrogen-bond donors (Lipinski definition) is 1. The molecule has 0 unspecified atom stereocenters. The van der Waals surface area contributed by atoms with Crippen LogP contribution in [0.5, 0.6) is 0 Å². The number of carbonyl (C=O) groups excluding carboxylic acids is 1. The summed E-state index contributed by atoms with van der Waals surface area (Å²) < 4.78 is 13.3. The van der Waals surface area contributed by atoms with E-state index in [2.05, 4.69) is 0 Å². The van der Waals surface area contributed by atoms with Gasteiger partial charge in [0.25, 0.3) is 0 Å². The van der Waals surface area contributed by atoms with E-state index in [1.54, 1.807) is 17.0 Å². The molecule has 106 valence electrons. The molecule has 1 heterocycles. The van der Waals surface area contributed by atoms with Crippen LogP contribution in [0, 0.1) is 11.7 Å². The molecule has 1 aliphatic carbocycles. The van der Waals surface area contributed by atoms with E-state index in [1.807, 2.05) is 0 Å². The van der Waals surface area contributed by atoms with Gasteiger partial charge in [0.2, 0.25) is 5.91 Å². The molecule has 3 rings (SSSR count). The van der Waals surface area contributed by atoms with E-state index in [4.69, 9.17) is 5.11 Å². The van der Waals surface area contributed by atoms with E-state index in [9.17, 15) is 14.0 Å². The lowest BCUT2D eigenvalue weighted by Crippen LogP contribution is -2.38. The standard InChI is InChI=1S/C15H16FNO3/c16-12-3-1-2-11(8-12)15(5-6-15)14(20)17-7-4-10(9-17)13(18)19/h1-3,8,10H,4-7,9H2,(H,18,19)/t10-/m1/s1. The zero-order valence-corrected chi connectivity index (χ0v) is 11.0. The first-order valence-corrected chi connectivity index (χ1v) is 6.81. The molecule has 1 amide bonds. The highest BCUT2D eigenvalue weighted by molar-refractivity contribution is 5.92. The largest absolute Gasteiger partial charge is 0.481 e. The number of hydrogen-bond acceptors (Lipinski definition) is 2. The maximum atomic E-state index is 13.3. The average Bonchev–Trinajstić information content (AvgIpc) is 3.08. The molecule has 1 aromatic carbocycles. The summed E-state index contributed by atoms with van der Waals surface area (Å²) in [5.41, 5.74) is 0.0939. The average molecular weight is 277 g/mol. The van der Waals surface area contributed by atoms with Crippen molar-refractivity contribution in [2.75, 3.05) is 13.1 Å². The fraction of sp³-hybridized carbons (Fsp3) is 0.467. The summed E-state index contributed by atoms with van der Waals surface area (Å²) in [5.74, 6) is -1.71. The molecule has 1 aliphatic heterocycles. The Bertz CT molecular complexity index is 568. The quantitative estimate of drug-likeness (QED) is 0.916. The van der Waals surface area contributed by atoms with E-state index < -0.39 is 17.3 Å². The van der Waals surface area contributed by atoms with E-state index in [1.165, 1.54) is 12.1 Å². The van der Waals surface area contributed by atoms with Crippen LogP contribution in [0.4, 0.5) is 4.39 Å². The second-order valence-electron chi connectivity index (χ2n) is 5.67. The molecular formula is C15H16FNO3. The zero-order valence-electron chi connectivity index (χ0n) is 11.0. The molecule has 4 nitrogen and oxygen atoms in total. The van der Waals surface area contributed by atoms with E-state index in [0.717, 1.165) is 0 Å². The maximum Gasteiger partial charge on any atom is 0.308 e. The van der Waals surface area contributed by atoms with Crippen molar-refractivity contribution in [1.82, 2.24) is 4.90 Å². The number of carboxylic acid groups (broad SMARTS) is 1. The Morgan fingerprint density at radius 3 is 2.65 bits per heavy atom. The smallest absolute Gasteiger partial charge is 0.308 e. The van der Waals surface area contributed by atoms with E-state index in [0.29, 0.717) is 31.4 Å². The van der Waals surface area contributed by atoms with Crippen LogP contribution in [0.2, 0.25) is 0 Å². The number of benzene rings is 1. The Morgan fingerprint density at radius 2 is 2.10 bits per heavy atom. The van der Waals surface area contributed by atoms with Crippen molar-refractivity contribution in [2.45, 2.75) is 24.7 Å². The van der Waals surface area contributed by atoms with Gasteiger partial charge in [-0.25, -0.2) is 4.39 Å². The molecule has 2 fully saturated rings. The fourth-order valence-corrected chi connectivity index (χ4v) is 2.99. The van der Waals surface area contributed by atoms with Crippen LogP contribution in [0.15, 0.2) is 24.3 Å². The fourth-order valence-electron chi connectivity index (χ4n) is 2.99. The predicted molar refractivity (Wildman–Crippen MR) is 69.6 cm³/mol. The van der Waals surface area contributed by atoms with Gasteiger partial charge in [-0.1, -0.05) is 12.1 Å². The molecule has 0 aromatic heterocycles. The molecule has 1 saturated carbocycles. The van der Waals surface area contributed by atoms with Gasteiger partial charge in [-0.05, 0) is 37.0 Å². The van der Waals surface area contributed by atoms with Gasteiger partial charge >= 0.3 is 5.97 Å². The first kappa shape index (κ1) is 13.1. The summed E-state index contributed by atoms with van der Waals surface area (Å²) in [6.07, 6.45) is 1.92. The molecular weight excluding hydrogens is 261 g/mol. The molecule has 0 bridgehead atoms. The minimum absolute atomic E-state index is 0.0492. The molecule has 1 aromatic rings. The Hall–Kier alpha value is -1.91. The van der Waals surface area contributed by atoms with E-state index >= 15 is 0 Å². The maximum absolute atomic E-state index is 13.3. The third kappa shape index (κ3) is 2.07. The third-order valence-electron chi connectivity index (χ3n) is 4.36. The van der Waals surface area contributed by atoms with Gasteiger partial charge < -0.3 is 10.0 Å². The minimum atomic E-state index is -0.851. The highest BCUT2D eigenvalue weighted by Gasteiger charge is 2.54. The number of aliphatic carboxylic acids is 1. The Labute approximate surface area is 116 Å². The lowest BCUT2D eigenvalue weighted by molar-refractivity contribution is -0.141. The third-order valence-corrected chi connectivity index (χ3v) is 4.36. The first-order valence-electron chi connectivity index (χ1n) is 6.81. The lowest BCUT2D eigenvalue weighted by atomic mass is 9.94. The molecule has 5 heteroatoms. The van der Waals surface area contributed by atoms with Gasteiger partial charge in [0, 0.05) is 13.1 Å². The number of likely N-dealkylation sites (tertiary alicyclic amines) is 1. The first-order chi connectivity index (χ1) is 9.53. The second-order valence-corrected chi connectivity index (χ2v) is 5.67.